The zero-order valence-electron chi connectivity index (χ0n) is 14.6. The first-order chi connectivity index (χ1) is 11.9. The molecule has 0 spiro atoms. The van der Waals surface area contributed by atoms with Gasteiger partial charge in [0.2, 0.25) is 11.9 Å². The monoisotopic (exact) mass is 343 g/mol. The standard InChI is InChI=1S/C17H21N5O3/c1-9(2)25-12-6-5-11(7-13(12)24-4)15-14(16(18)23)10(3)21-17-19-8-20-22(15)17/h5-9,15H,1-4H3,(H2,18,23)(H,19,20,21). The van der Waals surface area contributed by atoms with Crippen LogP contribution < -0.4 is 20.5 Å². The molecule has 3 N–H and O–H groups in total. The Morgan fingerprint density at radius 3 is 2.76 bits per heavy atom. The van der Waals surface area contributed by atoms with Gasteiger partial charge < -0.3 is 20.5 Å². The fourth-order valence-electron chi connectivity index (χ4n) is 2.92. The maximum Gasteiger partial charge on any atom is 0.248 e. The number of nitrogens with zero attached hydrogens (tertiary/aromatic N) is 3. The molecule has 3 rings (SSSR count). The van der Waals surface area contributed by atoms with Crippen molar-refractivity contribution < 1.29 is 14.3 Å². The molecule has 1 unspecified atom stereocenters. The van der Waals surface area contributed by atoms with Crippen LogP contribution in [0.4, 0.5) is 5.95 Å². The van der Waals surface area contributed by atoms with Gasteiger partial charge in [-0.1, -0.05) is 6.07 Å². The third-order valence-electron chi connectivity index (χ3n) is 3.93. The number of aromatic nitrogens is 3. The minimum Gasteiger partial charge on any atom is -0.493 e. The number of carbonyl (C=O) groups excluding carboxylic acids is 1. The van der Waals surface area contributed by atoms with E-state index >= 15 is 0 Å². The summed E-state index contributed by atoms with van der Waals surface area (Å²) in [5.74, 6) is 1.25. The average molecular weight is 343 g/mol. The molecule has 0 saturated heterocycles. The Hall–Kier alpha value is -3.03. The molecule has 0 bridgehead atoms. The van der Waals surface area contributed by atoms with E-state index < -0.39 is 11.9 Å². The SMILES string of the molecule is COc1cc(C2C(C(N)=O)=C(C)Nc3ncnn32)ccc1OC(C)C. The number of nitrogens with one attached hydrogen (secondary N) is 1. The fraction of sp³-hybridized carbons (Fsp3) is 0.353. The number of anilines is 1. The van der Waals surface area contributed by atoms with Crippen molar-refractivity contribution in [3.63, 3.8) is 0 Å². The van der Waals surface area contributed by atoms with E-state index in [4.69, 9.17) is 15.2 Å². The highest BCUT2D eigenvalue weighted by atomic mass is 16.5. The molecular formula is C17H21N5O3. The van der Waals surface area contributed by atoms with Crippen LogP contribution in [0.25, 0.3) is 0 Å². The number of benzene rings is 1. The predicted molar refractivity (Wildman–Crippen MR) is 92.4 cm³/mol. The number of hydrogen-bond donors (Lipinski definition) is 2. The van der Waals surface area contributed by atoms with Crippen molar-refractivity contribution in [1.82, 2.24) is 14.8 Å². The molecule has 25 heavy (non-hydrogen) atoms. The van der Waals surface area contributed by atoms with Crippen LogP contribution in [0, 0.1) is 0 Å². The van der Waals surface area contributed by atoms with Crippen LogP contribution in [0.15, 0.2) is 35.8 Å². The molecule has 2 aromatic rings. The van der Waals surface area contributed by atoms with Gasteiger partial charge in [0.05, 0.1) is 18.8 Å². The number of methoxy groups -OCH3 is 1. The highest BCUT2D eigenvalue weighted by Gasteiger charge is 2.32. The lowest BCUT2D eigenvalue weighted by Crippen LogP contribution is -2.31. The van der Waals surface area contributed by atoms with Gasteiger partial charge in [0.1, 0.15) is 12.4 Å². The normalized spacial score (nSPS) is 16.4. The van der Waals surface area contributed by atoms with Gasteiger partial charge in [-0.15, -0.1) is 0 Å². The Balaban J connectivity index is 2.12. The number of primary amides is 1. The van der Waals surface area contributed by atoms with Gasteiger partial charge in [-0.05, 0) is 38.5 Å². The molecule has 1 atom stereocenters. The van der Waals surface area contributed by atoms with Crippen LogP contribution in [0.5, 0.6) is 11.5 Å². The molecule has 0 saturated carbocycles. The summed E-state index contributed by atoms with van der Waals surface area (Å²) in [5.41, 5.74) is 7.50. The lowest BCUT2D eigenvalue weighted by Gasteiger charge is -2.28. The van der Waals surface area contributed by atoms with E-state index in [1.807, 2.05) is 32.0 Å². The van der Waals surface area contributed by atoms with Crippen molar-refractivity contribution in [2.24, 2.45) is 5.73 Å². The minimum absolute atomic E-state index is 0.0175. The number of rotatable bonds is 5. The molecular weight excluding hydrogens is 322 g/mol. The number of carbonyl (C=O) groups is 1. The third-order valence-corrected chi connectivity index (χ3v) is 3.93. The number of ether oxygens (including phenoxy) is 2. The van der Waals surface area contributed by atoms with Crippen LogP contribution >= 0.6 is 0 Å². The molecule has 1 aromatic carbocycles. The summed E-state index contributed by atoms with van der Waals surface area (Å²) in [6, 6.07) is 5.03. The second-order valence-corrected chi connectivity index (χ2v) is 6.04. The van der Waals surface area contributed by atoms with Gasteiger partial charge in [0, 0.05) is 5.70 Å². The first kappa shape index (κ1) is 16.8. The van der Waals surface area contributed by atoms with E-state index in [1.54, 1.807) is 18.7 Å². The van der Waals surface area contributed by atoms with Crippen LogP contribution in [0.1, 0.15) is 32.4 Å². The number of hydrogen-bond acceptors (Lipinski definition) is 6. The Morgan fingerprint density at radius 2 is 2.12 bits per heavy atom. The van der Waals surface area contributed by atoms with E-state index in [0.29, 0.717) is 28.7 Å². The first-order valence-electron chi connectivity index (χ1n) is 7.94. The van der Waals surface area contributed by atoms with Gasteiger partial charge in [-0.2, -0.15) is 10.1 Å². The molecule has 132 valence electrons. The minimum atomic E-state index is -0.516. The number of amides is 1. The lowest BCUT2D eigenvalue weighted by molar-refractivity contribution is -0.115. The summed E-state index contributed by atoms with van der Waals surface area (Å²) in [4.78, 5) is 16.2. The summed E-state index contributed by atoms with van der Waals surface area (Å²) in [5, 5.41) is 7.29. The molecule has 8 nitrogen and oxygen atoms in total. The smallest absolute Gasteiger partial charge is 0.248 e. The molecule has 8 heteroatoms. The van der Waals surface area contributed by atoms with Gasteiger partial charge in [0.15, 0.2) is 11.5 Å². The third kappa shape index (κ3) is 3.02. The second-order valence-electron chi connectivity index (χ2n) is 6.04. The van der Waals surface area contributed by atoms with Crippen molar-refractivity contribution >= 4 is 11.9 Å². The van der Waals surface area contributed by atoms with Crippen LogP contribution in [-0.4, -0.2) is 33.9 Å². The fourth-order valence-corrected chi connectivity index (χ4v) is 2.92. The van der Waals surface area contributed by atoms with E-state index in [-0.39, 0.29) is 6.10 Å². The molecule has 1 aliphatic heterocycles. The average Bonchev–Trinajstić information content (AvgIpc) is 3.01. The van der Waals surface area contributed by atoms with Crippen LogP contribution in [0.2, 0.25) is 0 Å². The Kier molecular flexibility index (Phi) is 4.35. The lowest BCUT2D eigenvalue weighted by atomic mass is 9.95. The van der Waals surface area contributed by atoms with E-state index in [1.165, 1.54) is 6.33 Å². The van der Waals surface area contributed by atoms with Crippen molar-refractivity contribution in [2.45, 2.75) is 32.9 Å². The van der Waals surface area contributed by atoms with Crippen molar-refractivity contribution in [3.05, 3.63) is 41.4 Å². The highest BCUT2D eigenvalue weighted by Crippen LogP contribution is 2.38. The summed E-state index contributed by atoms with van der Waals surface area (Å²) < 4.78 is 12.8. The Bertz CT molecular complexity index is 841. The number of fused-ring (bicyclic) bond motifs is 1. The first-order valence-corrected chi connectivity index (χ1v) is 7.94. The number of nitrogens with two attached hydrogens (primary N) is 1. The van der Waals surface area contributed by atoms with Gasteiger partial charge in [0.25, 0.3) is 0 Å². The highest BCUT2D eigenvalue weighted by molar-refractivity contribution is 5.95. The quantitative estimate of drug-likeness (QED) is 0.858. The zero-order valence-corrected chi connectivity index (χ0v) is 14.6. The van der Waals surface area contributed by atoms with E-state index in [9.17, 15) is 4.79 Å². The van der Waals surface area contributed by atoms with Crippen LogP contribution in [-0.2, 0) is 4.79 Å². The molecule has 0 radical (unpaired) electrons. The van der Waals surface area contributed by atoms with Crippen molar-refractivity contribution in [1.29, 1.82) is 0 Å². The van der Waals surface area contributed by atoms with Gasteiger partial charge >= 0.3 is 0 Å². The summed E-state index contributed by atoms with van der Waals surface area (Å²) in [6.45, 7) is 5.68. The van der Waals surface area contributed by atoms with E-state index in [2.05, 4.69) is 15.4 Å². The second kappa shape index (κ2) is 6.46. The maximum atomic E-state index is 12.1. The van der Waals surface area contributed by atoms with Crippen molar-refractivity contribution in [2.75, 3.05) is 12.4 Å². The Labute approximate surface area is 145 Å². The molecule has 0 fully saturated rings. The molecule has 1 amide bonds. The Morgan fingerprint density at radius 1 is 1.36 bits per heavy atom. The van der Waals surface area contributed by atoms with Crippen LogP contribution in [0.3, 0.4) is 0 Å². The summed E-state index contributed by atoms with van der Waals surface area (Å²) in [7, 11) is 1.58. The van der Waals surface area contributed by atoms with Crippen molar-refractivity contribution in [3.8, 4) is 11.5 Å². The largest absolute Gasteiger partial charge is 0.493 e. The van der Waals surface area contributed by atoms with Gasteiger partial charge in [-0.25, -0.2) is 4.68 Å². The zero-order chi connectivity index (χ0) is 18.1. The van der Waals surface area contributed by atoms with E-state index in [0.717, 1.165) is 5.56 Å². The maximum absolute atomic E-state index is 12.1. The number of allylic oxidation sites excluding steroid dienone is 1. The summed E-state index contributed by atoms with van der Waals surface area (Å²) in [6.07, 6.45) is 1.45. The van der Waals surface area contributed by atoms with Gasteiger partial charge in [-0.3, -0.25) is 4.79 Å². The molecule has 0 aliphatic carbocycles. The predicted octanol–water partition coefficient (Wildman–Crippen LogP) is 1.85. The molecule has 1 aromatic heterocycles. The summed E-state index contributed by atoms with van der Waals surface area (Å²) >= 11 is 0. The molecule has 1 aliphatic rings. The molecule has 2 heterocycles. The topological polar surface area (TPSA) is 104 Å².